The zero-order valence-electron chi connectivity index (χ0n) is 11.4. The Kier molecular flexibility index (Phi) is 3.90. The average Bonchev–Trinajstić information content (AvgIpc) is 3.30. The summed E-state index contributed by atoms with van der Waals surface area (Å²) < 4.78 is 0. The molecule has 1 N–H and O–H groups in total. The first kappa shape index (κ1) is 14.0. The summed E-state index contributed by atoms with van der Waals surface area (Å²) in [5.74, 6) is 0. The summed E-state index contributed by atoms with van der Waals surface area (Å²) in [5, 5.41) is 14.9. The lowest BCUT2D eigenvalue weighted by molar-refractivity contribution is -0.384. The van der Waals surface area contributed by atoms with E-state index >= 15 is 0 Å². The van der Waals surface area contributed by atoms with Crippen LogP contribution < -0.4 is 5.32 Å². The van der Waals surface area contributed by atoms with Crippen LogP contribution in [0.2, 0.25) is 5.02 Å². The van der Waals surface area contributed by atoms with Gasteiger partial charge in [-0.3, -0.25) is 10.1 Å². The van der Waals surface area contributed by atoms with Crippen LogP contribution in [0.15, 0.2) is 42.5 Å². The normalized spacial score (nSPS) is 14.1. The van der Waals surface area contributed by atoms with Crippen molar-refractivity contribution in [1.82, 2.24) is 5.32 Å². The van der Waals surface area contributed by atoms with Crippen LogP contribution >= 0.6 is 11.6 Å². The molecule has 0 aliphatic heterocycles. The van der Waals surface area contributed by atoms with Gasteiger partial charge in [0.2, 0.25) is 0 Å². The average molecular weight is 303 g/mol. The second-order valence-corrected chi connectivity index (χ2v) is 5.68. The summed E-state index contributed by atoms with van der Waals surface area (Å²) in [6.45, 7) is 0.763. The fraction of sp³-hybridized carbons (Fsp3) is 0.250. The molecule has 4 nitrogen and oxygen atoms in total. The van der Waals surface area contributed by atoms with Crippen LogP contribution in [0.1, 0.15) is 18.4 Å². The molecule has 3 rings (SSSR count). The molecule has 0 radical (unpaired) electrons. The molecule has 1 aliphatic carbocycles. The Hall–Kier alpha value is -1.91. The van der Waals surface area contributed by atoms with Crippen molar-refractivity contribution in [2.75, 3.05) is 0 Å². The summed E-state index contributed by atoms with van der Waals surface area (Å²) in [5.41, 5.74) is 2.83. The summed E-state index contributed by atoms with van der Waals surface area (Å²) >= 11 is 6.31. The summed E-state index contributed by atoms with van der Waals surface area (Å²) in [6.07, 6.45) is 2.48. The molecule has 1 fully saturated rings. The van der Waals surface area contributed by atoms with E-state index in [-0.39, 0.29) is 10.6 Å². The molecule has 2 aromatic rings. The van der Waals surface area contributed by atoms with Gasteiger partial charge in [-0.2, -0.15) is 0 Å². The maximum atomic E-state index is 10.8. The number of nitrogens with zero attached hydrogens (tertiary/aromatic N) is 1. The van der Waals surface area contributed by atoms with E-state index in [2.05, 4.69) is 5.32 Å². The van der Waals surface area contributed by atoms with Gasteiger partial charge < -0.3 is 5.32 Å². The van der Waals surface area contributed by atoms with Crippen LogP contribution in [0.3, 0.4) is 0 Å². The van der Waals surface area contributed by atoms with Crippen molar-refractivity contribution in [1.29, 1.82) is 0 Å². The van der Waals surface area contributed by atoms with Crippen molar-refractivity contribution < 1.29 is 4.92 Å². The van der Waals surface area contributed by atoms with Crippen molar-refractivity contribution in [3.05, 3.63) is 63.2 Å². The van der Waals surface area contributed by atoms with Crippen LogP contribution in [0, 0.1) is 10.1 Å². The van der Waals surface area contributed by atoms with E-state index < -0.39 is 0 Å². The Morgan fingerprint density at radius 3 is 2.62 bits per heavy atom. The van der Waals surface area contributed by atoms with Crippen LogP contribution in [-0.4, -0.2) is 11.0 Å². The van der Waals surface area contributed by atoms with E-state index in [4.69, 9.17) is 11.6 Å². The highest BCUT2D eigenvalue weighted by atomic mass is 35.5. The lowest BCUT2D eigenvalue weighted by atomic mass is 10.0. The van der Waals surface area contributed by atoms with E-state index in [1.54, 1.807) is 12.1 Å². The van der Waals surface area contributed by atoms with Crippen molar-refractivity contribution in [2.24, 2.45) is 0 Å². The van der Waals surface area contributed by atoms with Gasteiger partial charge in [0.1, 0.15) is 0 Å². The topological polar surface area (TPSA) is 55.2 Å². The van der Waals surface area contributed by atoms with Gasteiger partial charge in [-0.05, 0) is 35.6 Å². The van der Waals surface area contributed by atoms with Crippen molar-refractivity contribution in [3.63, 3.8) is 0 Å². The number of hydrogen-bond acceptors (Lipinski definition) is 3. The molecule has 0 unspecified atom stereocenters. The maximum absolute atomic E-state index is 10.8. The van der Waals surface area contributed by atoms with Crippen LogP contribution in [0.4, 0.5) is 5.69 Å². The lowest BCUT2D eigenvalue weighted by Gasteiger charge is -2.08. The fourth-order valence-corrected chi connectivity index (χ4v) is 2.46. The van der Waals surface area contributed by atoms with E-state index in [1.165, 1.54) is 18.9 Å². The molecule has 0 aromatic heterocycles. The maximum Gasteiger partial charge on any atom is 0.270 e. The largest absolute Gasteiger partial charge is 0.310 e. The number of non-ortho nitro benzene ring substituents is 1. The van der Waals surface area contributed by atoms with Crippen molar-refractivity contribution in [3.8, 4) is 11.1 Å². The molecule has 1 aliphatic rings. The monoisotopic (exact) mass is 302 g/mol. The molecule has 0 heterocycles. The molecule has 5 heteroatoms. The smallest absolute Gasteiger partial charge is 0.270 e. The predicted octanol–water partition coefficient (Wildman–Crippen LogP) is 4.17. The molecular formula is C16H15ClN2O2. The Balaban J connectivity index is 1.83. The number of nitro groups is 1. The quantitative estimate of drug-likeness (QED) is 0.666. The Labute approximate surface area is 127 Å². The number of nitrogens with one attached hydrogen (secondary N) is 1. The van der Waals surface area contributed by atoms with Crippen LogP contribution in [-0.2, 0) is 6.54 Å². The zero-order valence-corrected chi connectivity index (χ0v) is 12.1. The molecular weight excluding hydrogens is 288 g/mol. The van der Waals surface area contributed by atoms with Gasteiger partial charge in [0.25, 0.3) is 5.69 Å². The second-order valence-electron chi connectivity index (χ2n) is 5.27. The second kappa shape index (κ2) is 5.84. The molecule has 108 valence electrons. The standard InChI is InChI=1S/C16H15ClN2O2/c17-16-9-12(4-5-13(16)10-18-14-6-7-14)11-2-1-3-15(8-11)19(20)21/h1-5,8-9,14,18H,6-7,10H2. The SMILES string of the molecule is O=[N+]([O-])c1cccc(-c2ccc(CNC3CC3)c(Cl)c2)c1. The number of halogens is 1. The van der Waals surface area contributed by atoms with Crippen LogP contribution in [0.5, 0.6) is 0 Å². The first-order valence-electron chi connectivity index (χ1n) is 6.90. The lowest BCUT2D eigenvalue weighted by Crippen LogP contribution is -2.15. The van der Waals surface area contributed by atoms with E-state index in [0.29, 0.717) is 11.1 Å². The van der Waals surface area contributed by atoms with Gasteiger partial charge in [0, 0.05) is 29.7 Å². The summed E-state index contributed by atoms with van der Waals surface area (Å²) in [7, 11) is 0. The molecule has 0 amide bonds. The van der Waals surface area contributed by atoms with Crippen molar-refractivity contribution in [2.45, 2.75) is 25.4 Å². The first-order chi connectivity index (χ1) is 10.1. The fourth-order valence-electron chi connectivity index (χ4n) is 2.21. The van der Waals surface area contributed by atoms with Gasteiger partial charge in [-0.25, -0.2) is 0 Å². The minimum atomic E-state index is -0.390. The minimum Gasteiger partial charge on any atom is -0.310 e. The number of hydrogen-bond donors (Lipinski definition) is 1. The van der Waals surface area contributed by atoms with Gasteiger partial charge in [0.15, 0.2) is 0 Å². The number of benzene rings is 2. The molecule has 2 aromatic carbocycles. The molecule has 0 bridgehead atoms. The number of nitro benzene ring substituents is 1. The highest BCUT2D eigenvalue weighted by Crippen LogP contribution is 2.28. The summed E-state index contributed by atoms with van der Waals surface area (Å²) in [6, 6.07) is 13.0. The van der Waals surface area contributed by atoms with Gasteiger partial charge in [-0.1, -0.05) is 35.9 Å². The number of rotatable bonds is 5. The highest BCUT2D eigenvalue weighted by Gasteiger charge is 2.20. The van der Waals surface area contributed by atoms with E-state index in [1.807, 2.05) is 24.3 Å². The third kappa shape index (κ3) is 3.40. The Bertz CT molecular complexity index is 684. The van der Waals surface area contributed by atoms with Crippen LogP contribution in [0.25, 0.3) is 11.1 Å². The molecule has 0 atom stereocenters. The third-order valence-electron chi connectivity index (χ3n) is 3.60. The zero-order chi connectivity index (χ0) is 14.8. The molecule has 1 saturated carbocycles. The molecule has 0 saturated heterocycles. The van der Waals surface area contributed by atoms with E-state index in [0.717, 1.165) is 23.2 Å². The van der Waals surface area contributed by atoms with E-state index in [9.17, 15) is 10.1 Å². The first-order valence-corrected chi connectivity index (χ1v) is 7.28. The predicted molar refractivity (Wildman–Crippen MR) is 83.4 cm³/mol. The highest BCUT2D eigenvalue weighted by molar-refractivity contribution is 6.31. The van der Waals surface area contributed by atoms with Gasteiger partial charge in [0.05, 0.1) is 4.92 Å². The third-order valence-corrected chi connectivity index (χ3v) is 3.95. The molecule has 0 spiro atoms. The Morgan fingerprint density at radius 2 is 1.95 bits per heavy atom. The minimum absolute atomic E-state index is 0.0862. The summed E-state index contributed by atoms with van der Waals surface area (Å²) in [4.78, 5) is 10.4. The molecule has 21 heavy (non-hydrogen) atoms. The van der Waals surface area contributed by atoms with Gasteiger partial charge in [-0.15, -0.1) is 0 Å². The Morgan fingerprint density at radius 1 is 1.19 bits per heavy atom. The van der Waals surface area contributed by atoms with Gasteiger partial charge >= 0.3 is 0 Å². The van der Waals surface area contributed by atoms with Crippen molar-refractivity contribution >= 4 is 17.3 Å².